The fourth-order valence-electron chi connectivity index (χ4n) is 2.15. The first-order valence-corrected chi connectivity index (χ1v) is 8.90. The number of ketones is 1. The Morgan fingerprint density at radius 3 is 2.41 bits per heavy atom. The predicted octanol–water partition coefficient (Wildman–Crippen LogP) is -0.284. The van der Waals surface area contributed by atoms with Crippen molar-refractivity contribution in [2.24, 2.45) is 5.73 Å². The van der Waals surface area contributed by atoms with Gasteiger partial charge in [-0.15, -0.1) is 0 Å². The second-order valence-electron chi connectivity index (χ2n) is 6.40. The normalized spacial score (nSPS) is 12.5. The third-order valence-corrected chi connectivity index (χ3v) is 3.49. The molecular weight excluding hydrogens is 354 g/mol. The highest BCUT2D eigenvalue weighted by Gasteiger charge is 2.26. The minimum Gasteiger partial charge on any atom is -0.461 e. The van der Waals surface area contributed by atoms with E-state index in [9.17, 15) is 19.2 Å². The number of carbonyl (C=O) groups is 4. The molecular formula is C17H30N5O5+. The highest BCUT2D eigenvalue weighted by atomic mass is 16.5. The average Bonchev–Trinajstić information content (AvgIpc) is 2.57. The molecule has 0 aliphatic carbocycles. The van der Waals surface area contributed by atoms with Gasteiger partial charge in [-0.1, -0.05) is 0 Å². The molecule has 5 N–H and O–H groups in total. The van der Waals surface area contributed by atoms with Crippen LogP contribution in [0.4, 0.5) is 0 Å². The van der Waals surface area contributed by atoms with E-state index < -0.39 is 29.7 Å². The number of carbonyl (C=O) groups excluding carboxylic acids is 4. The zero-order chi connectivity index (χ0) is 20.8. The van der Waals surface area contributed by atoms with Crippen molar-refractivity contribution in [2.75, 3.05) is 6.54 Å². The number of Topliss-reactive ketones (excluding diaryl/α,β-unsaturated/α-hetero) is 1. The van der Waals surface area contributed by atoms with Crippen LogP contribution in [0, 0.1) is 5.53 Å². The summed E-state index contributed by atoms with van der Waals surface area (Å²) in [6.07, 6.45) is 2.14. The van der Waals surface area contributed by atoms with E-state index in [1.165, 1.54) is 6.92 Å². The molecule has 0 bridgehead atoms. The molecule has 0 rings (SSSR count). The van der Waals surface area contributed by atoms with Crippen molar-refractivity contribution in [1.82, 2.24) is 10.6 Å². The number of esters is 1. The van der Waals surface area contributed by atoms with Gasteiger partial charge in [0.1, 0.15) is 6.04 Å². The predicted molar refractivity (Wildman–Crippen MR) is 97.0 cm³/mol. The van der Waals surface area contributed by atoms with E-state index in [2.05, 4.69) is 15.4 Å². The maximum Gasteiger partial charge on any atom is 0.372 e. The van der Waals surface area contributed by atoms with Crippen molar-refractivity contribution >= 4 is 29.8 Å². The third-order valence-electron chi connectivity index (χ3n) is 3.49. The van der Waals surface area contributed by atoms with Crippen LogP contribution in [0.2, 0.25) is 0 Å². The van der Waals surface area contributed by atoms with Crippen LogP contribution in [0.3, 0.4) is 0 Å². The number of ether oxygens (including phenoxy) is 1. The van der Waals surface area contributed by atoms with Gasteiger partial charge < -0.3 is 21.1 Å². The van der Waals surface area contributed by atoms with E-state index in [4.69, 9.17) is 16.0 Å². The summed E-state index contributed by atoms with van der Waals surface area (Å²) in [7, 11) is 0. The van der Waals surface area contributed by atoms with Crippen LogP contribution < -0.4 is 16.4 Å². The van der Waals surface area contributed by atoms with Crippen LogP contribution in [-0.4, -0.2) is 59.3 Å². The van der Waals surface area contributed by atoms with E-state index in [1.807, 2.05) is 0 Å². The summed E-state index contributed by atoms with van der Waals surface area (Å²) in [5.41, 5.74) is 12.5. The molecule has 0 unspecified atom stereocenters. The second-order valence-corrected chi connectivity index (χ2v) is 6.40. The Hall–Kier alpha value is -2.58. The zero-order valence-electron chi connectivity index (χ0n) is 16.1. The van der Waals surface area contributed by atoms with E-state index >= 15 is 0 Å². The quantitative estimate of drug-likeness (QED) is 0.112. The van der Waals surface area contributed by atoms with E-state index in [0.29, 0.717) is 25.8 Å². The number of unbranched alkanes of at least 4 members (excludes halogenated alkanes) is 1. The Morgan fingerprint density at radius 1 is 1.19 bits per heavy atom. The topological polar surface area (TPSA) is 166 Å². The van der Waals surface area contributed by atoms with Gasteiger partial charge >= 0.3 is 12.2 Å². The summed E-state index contributed by atoms with van der Waals surface area (Å²) in [4.78, 5) is 49.5. The Kier molecular flexibility index (Phi) is 12.3. The molecule has 10 heteroatoms. The molecule has 0 aliphatic heterocycles. The van der Waals surface area contributed by atoms with E-state index in [1.54, 1.807) is 13.8 Å². The van der Waals surface area contributed by atoms with Crippen molar-refractivity contribution < 1.29 is 28.7 Å². The van der Waals surface area contributed by atoms with Crippen LogP contribution >= 0.6 is 0 Å². The molecule has 0 radical (unpaired) electrons. The summed E-state index contributed by atoms with van der Waals surface area (Å²) in [6.45, 7) is 5.29. The zero-order valence-corrected chi connectivity index (χ0v) is 16.1. The second kappa shape index (κ2) is 13.6. The lowest BCUT2D eigenvalue weighted by Gasteiger charge is -2.20. The minimum absolute atomic E-state index is 0.0252. The highest BCUT2D eigenvalue weighted by molar-refractivity contribution is 6.25. The molecule has 0 saturated heterocycles. The molecule has 27 heavy (non-hydrogen) atoms. The molecule has 152 valence electrons. The average molecular weight is 384 g/mol. The molecule has 0 aromatic heterocycles. The summed E-state index contributed by atoms with van der Waals surface area (Å²) < 4.78 is 5.10. The number of nitrogens with zero attached hydrogens (tertiary/aromatic N) is 1. The van der Waals surface area contributed by atoms with Gasteiger partial charge in [0, 0.05) is 19.9 Å². The molecule has 0 aliphatic rings. The van der Waals surface area contributed by atoms with E-state index in [0.717, 1.165) is 6.21 Å². The summed E-state index contributed by atoms with van der Waals surface area (Å²) in [6, 6.07) is -1.82. The van der Waals surface area contributed by atoms with Gasteiger partial charge in [-0.25, -0.2) is 4.79 Å². The minimum atomic E-state index is -1.01. The number of nitrogens with two attached hydrogens (primary N) is 1. The lowest BCUT2D eigenvalue weighted by molar-refractivity contribution is -0.152. The van der Waals surface area contributed by atoms with Crippen molar-refractivity contribution in [3.8, 4) is 0 Å². The van der Waals surface area contributed by atoms with Crippen molar-refractivity contribution in [2.45, 2.75) is 71.1 Å². The Bertz CT molecular complexity index is 572. The Labute approximate surface area is 158 Å². The molecule has 2 amide bonds. The van der Waals surface area contributed by atoms with Gasteiger partial charge in [0.15, 0.2) is 0 Å². The van der Waals surface area contributed by atoms with Crippen LogP contribution in [0.25, 0.3) is 0 Å². The maximum absolute atomic E-state index is 12.2. The largest absolute Gasteiger partial charge is 0.461 e. The van der Waals surface area contributed by atoms with Gasteiger partial charge in [-0.2, -0.15) is 0 Å². The third kappa shape index (κ3) is 12.4. The summed E-state index contributed by atoms with van der Waals surface area (Å²) in [5, 5.41) is 5.18. The molecule has 0 spiro atoms. The van der Waals surface area contributed by atoms with Gasteiger partial charge in [0.25, 0.3) is 0 Å². The highest BCUT2D eigenvalue weighted by Crippen LogP contribution is 2.05. The standard InChI is InChI=1S/C17H29N5O5/c1-11(2)27-17(26)15(8-7-13(24)10-21-19)22-16(25)14(18)6-4-5-9-20-12(3)23/h10-11,14-15,19H,4-9,18H2,1-3H3,(H-,20,22,23,25)/p+1/t14-,15-/m0/s1. The van der Waals surface area contributed by atoms with Crippen LogP contribution in [0.1, 0.15) is 52.9 Å². The van der Waals surface area contributed by atoms with Crippen molar-refractivity contribution in [3.63, 3.8) is 0 Å². The molecule has 2 atom stereocenters. The molecule has 0 aromatic rings. The molecule has 0 saturated carbocycles. The van der Waals surface area contributed by atoms with Crippen LogP contribution in [0.15, 0.2) is 0 Å². The SMILES string of the molecule is CC(=O)NCCCC[C@H](N)C(=O)N[C@@H](CCC(=O)C=[N+]=N)C(=O)OC(C)C. The fraction of sp³-hybridized carbons (Fsp3) is 0.706. The Morgan fingerprint density at radius 2 is 1.85 bits per heavy atom. The lowest BCUT2D eigenvalue weighted by atomic mass is 10.1. The molecule has 0 heterocycles. The van der Waals surface area contributed by atoms with Gasteiger partial charge in [-0.05, 0) is 39.5 Å². The van der Waals surface area contributed by atoms with E-state index in [-0.39, 0.29) is 24.9 Å². The lowest BCUT2D eigenvalue weighted by Crippen LogP contribution is -2.49. The molecule has 0 fully saturated rings. The molecule has 10 nitrogen and oxygen atoms in total. The van der Waals surface area contributed by atoms with Crippen LogP contribution in [0.5, 0.6) is 0 Å². The van der Waals surface area contributed by atoms with Gasteiger partial charge in [0.05, 0.1) is 22.5 Å². The number of hydrogen-bond acceptors (Lipinski definition) is 7. The maximum atomic E-state index is 12.2. The van der Waals surface area contributed by atoms with Crippen molar-refractivity contribution in [3.05, 3.63) is 0 Å². The summed E-state index contributed by atoms with van der Waals surface area (Å²) in [5.74, 6) is -1.70. The smallest absolute Gasteiger partial charge is 0.372 e. The number of hydrogen-bond donors (Lipinski definition) is 4. The van der Waals surface area contributed by atoms with Gasteiger partial charge in [0.2, 0.25) is 17.6 Å². The Balaban J connectivity index is 4.60. The first-order valence-electron chi connectivity index (χ1n) is 8.90. The first-order chi connectivity index (χ1) is 12.7. The monoisotopic (exact) mass is 384 g/mol. The van der Waals surface area contributed by atoms with Crippen molar-refractivity contribution in [1.29, 1.82) is 5.53 Å². The fourth-order valence-corrected chi connectivity index (χ4v) is 2.15. The van der Waals surface area contributed by atoms with Gasteiger partial charge in [-0.3, -0.25) is 14.4 Å². The molecule has 0 aromatic carbocycles. The number of rotatable bonds is 13. The summed E-state index contributed by atoms with van der Waals surface area (Å²) >= 11 is 0. The number of amides is 2. The first kappa shape index (κ1) is 24.4. The number of nitrogens with one attached hydrogen (secondary N) is 3. The van der Waals surface area contributed by atoms with Crippen LogP contribution in [-0.2, 0) is 23.9 Å².